The highest BCUT2D eigenvalue weighted by molar-refractivity contribution is 7.98. The summed E-state index contributed by atoms with van der Waals surface area (Å²) in [7, 11) is 0. The summed E-state index contributed by atoms with van der Waals surface area (Å²) in [5.74, 6) is -0.461. The molecular formula is C19H29N3O4S. The Morgan fingerprint density at radius 3 is 2.41 bits per heavy atom. The Bertz CT molecular complexity index is 612. The Labute approximate surface area is 164 Å². The Morgan fingerprint density at radius 1 is 1.19 bits per heavy atom. The molecule has 4 N–H and O–H groups in total. The molecule has 3 atom stereocenters. The molecule has 1 rings (SSSR count). The van der Waals surface area contributed by atoms with Crippen LogP contribution in [-0.2, 0) is 20.9 Å². The zero-order chi connectivity index (χ0) is 20.2. The van der Waals surface area contributed by atoms with Gasteiger partial charge in [0.25, 0.3) is 0 Å². The van der Waals surface area contributed by atoms with E-state index in [1.807, 2.05) is 50.4 Å². The van der Waals surface area contributed by atoms with Crippen molar-refractivity contribution in [2.45, 2.75) is 45.4 Å². The number of amides is 3. The maximum absolute atomic E-state index is 12.6. The van der Waals surface area contributed by atoms with Gasteiger partial charge in [-0.1, -0.05) is 50.6 Å². The third-order valence-corrected chi connectivity index (χ3v) is 4.89. The zero-order valence-electron chi connectivity index (χ0n) is 16.1. The van der Waals surface area contributed by atoms with Crippen molar-refractivity contribution in [3.05, 3.63) is 35.9 Å². The molecule has 0 saturated carbocycles. The largest absolute Gasteiger partial charge is 0.445 e. The summed E-state index contributed by atoms with van der Waals surface area (Å²) in [5.41, 5.74) is 6.26. The Balaban J connectivity index is 2.68. The quantitative estimate of drug-likeness (QED) is 0.531. The van der Waals surface area contributed by atoms with Crippen molar-refractivity contribution in [2.24, 2.45) is 11.7 Å². The number of nitrogens with one attached hydrogen (secondary N) is 2. The normalized spacial score (nSPS) is 13.9. The summed E-state index contributed by atoms with van der Waals surface area (Å²) < 4.78 is 5.18. The number of carbonyl (C=O) groups is 3. The molecule has 0 aromatic heterocycles. The lowest BCUT2D eigenvalue weighted by Gasteiger charge is -2.24. The number of hydrogen-bond acceptors (Lipinski definition) is 5. The van der Waals surface area contributed by atoms with Gasteiger partial charge in [-0.05, 0) is 29.9 Å². The van der Waals surface area contributed by atoms with Crippen LogP contribution in [0.2, 0.25) is 0 Å². The average molecular weight is 396 g/mol. The topological polar surface area (TPSA) is 111 Å². The lowest BCUT2D eigenvalue weighted by atomic mass is 9.98. The van der Waals surface area contributed by atoms with Crippen LogP contribution in [0.1, 0.15) is 32.3 Å². The second-order valence-electron chi connectivity index (χ2n) is 6.31. The van der Waals surface area contributed by atoms with Gasteiger partial charge < -0.3 is 21.1 Å². The van der Waals surface area contributed by atoms with Gasteiger partial charge in [-0.2, -0.15) is 11.8 Å². The fraction of sp³-hybridized carbons (Fsp3) is 0.526. The molecule has 0 saturated heterocycles. The SMILES string of the molecule is CC[C@H](C)[C@@H](NC(=O)[C@H](CCSC)NC(=O)OCc1ccccc1)C(N)=O. The molecule has 1 aromatic rings. The van der Waals surface area contributed by atoms with E-state index in [1.165, 1.54) is 0 Å². The second kappa shape index (κ2) is 12.2. The van der Waals surface area contributed by atoms with Gasteiger partial charge in [0.1, 0.15) is 18.7 Å². The number of thioether (sulfide) groups is 1. The highest BCUT2D eigenvalue weighted by atomic mass is 32.2. The van der Waals surface area contributed by atoms with E-state index < -0.39 is 30.0 Å². The van der Waals surface area contributed by atoms with Crippen LogP contribution in [0.5, 0.6) is 0 Å². The number of ether oxygens (including phenoxy) is 1. The molecular weight excluding hydrogens is 366 g/mol. The monoisotopic (exact) mass is 395 g/mol. The first-order valence-electron chi connectivity index (χ1n) is 8.94. The summed E-state index contributed by atoms with van der Waals surface area (Å²) in [5, 5.41) is 5.25. The summed E-state index contributed by atoms with van der Waals surface area (Å²) in [6, 6.07) is 7.68. The Kier molecular flexibility index (Phi) is 10.3. The van der Waals surface area contributed by atoms with E-state index in [4.69, 9.17) is 10.5 Å². The van der Waals surface area contributed by atoms with Gasteiger partial charge in [0, 0.05) is 0 Å². The highest BCUT2D eigenvalue weighted by Crippen LogP contribution is 2.09. The third-order valence-electron chi connectivity index (χ3n) is 4.25. The summed E-state index contributed by atoms with van der Waals surface area (Å²) >= 11 is 1.56. The smallest absolute Gasteiger partial charge is 0.408 e. The molecule has 0 radical (unpaired) electrons. The molecule has 3 amide bonds. The molecule has 0 spiro atoms. The van der Waals surface area contributed by atoms with Gasteiger partial charge in [-0.15, -0.1) is 0 Å². The molecule has 0 fully saturated rings. The minimum absolute atomic E-state index is 0.0994. The van der Waals surface area contributed by atoms with Crippen molar-refractivity contribution in [1.29, 1.82) is 0 Å². The highest BCUT2D eigenvalue weighted by Gasteiger charge is 2.28. The first kappa shape index (κ1) is 22.8. The van der Waals surface area contributed by atoms with Crippen LogP contribution in [0.3, 0.4) is 0 Å². The average Bonchev–Trinajstić information content (AvgIpc) is 2.67. The fourth-order valence-electron chi connectivity index (χ4n) is 2.39. The molecule has 8 heteroatoms. The minimum atomic E-state index is -0.799. The molecule has 0 unspecified atom stereocenters. The van der Waals surface area contributed by atoms with Crippen LogP contribution in [0.15, 0.2) is 30.3 Å². The number of primary amides is 1. The van der Waals surface area contributed by atoms with Crippen LogP contribution in [-0.4, -0.2) is 42.0 Å². The summed E-state index contributed by atoms with van der Waals surface area (Å²) in [6.45, 7) is 3.87. The zero-order valence-corrected chi connectivity index (χ0v) is 16.9. The first-order chi connectivity index (χ1) is 12.9. The van der Waals surface area contributed by atoms with E-state index in [9.17, 15) is 14.4 Å². The van der Waals surface area contributed by atoms with Crippen molar-refractivity contribution in [3.8, 4) is 0 Å². The van der Waals surface area contributed by atoms with Gasteiger partial charge in [-0.3, -0.25) is 9.59 Å². The van der Waals surface area contributed by atoms with Crippen LogP contribution in [0.4, 0.5) is 4.79 Å². The van der Waals surface area contributed by atoms with E-state index in [-0.39, 0.29) is 12.5 Å². The molecule has 27 heavy (non-hydrogen) atoms. The number of alkyl carbamates (subject to hydrolysis) is 1. The third kappa shape index (κ3) is 8.34. The van der Waals surface area contributed by atoms with Crippen molar-refractivity contribution >= 4 is 29.7 Å². The first-order valence-corrected chi connectivity index (χ1v) is 10.3. The second-order valence-corrected chi connectivity index (χ2v) is 7.30. The number of rotatable bonds is 11. The van der Waals surface area contributed by atoms with E-state index >= 15 is 0 Å². The van der Waals surface area contributed by atoms with E-state index in [1.54, 1.807) is 11.8 Å². The van der Waals surface area contributed by atoms with Crippen LogP contribution in [0, 0.1) is 5.92 Å². The van der Waals surface area contributed by atoms with Crippen molar-refractivity contribution < 1.29 is 19.1 Å². The molecule has 0 aliphatic carbocycles. The molecule has 0 heterocycles. The maximum Gasteiger partial charge on any atom is 0.408 e. The molecule has 0 aliphatic heterocycles. The number of benzene rings is 1. The van der Waals surface area contributed by atoms with Gasteiger partial charge >= 0.3 is 6.09 Å². The molecule has 7 nitrogen and oxygen atoms in total. The van der Waals surface area contributed by atoms with Gasteiger partial charge in [-0.25, -0.2) is 4.79 Å². The van der Waals surface area contributed by atoms with Crippen LogP contribution < -0.4 is 16.4 Å². The van der Waals surface area contributed by atoms with Gasteiger partial charge in [0.05, 0.1) is 0 Å². The molecule has 150 valence electrons. The van der Waals surface area contributed by atoms with Gasteiger partial charge in [0.2, 0.25) is 11.8 Å². The van der Waals surface area contributed by atoms with Gasteiger partial charge in [0.15, 0.2) is 0 Å². The van der Waals surface area contributed by atoms with Crippen molar-refractivity contribution in [2.75, 3.05) is 12.0 Å². The van der Waals surface area contributed by atoms with Crippen LogP contribution in [0.25, 0.3) is 0 Å². The lowest BCUT2D eigenvalue weighted by Crippen LogP contribution is -2.55. The summed E-state index contributed by atoms with van der Waals surface area (Å²) in [6.07, 6.45) is 2.34. The molecule has 0 aliphatic rings. The lowest BCUT2D eigenvalue weighted by molar-refractivity contribution is -0.129. The maximum atomic E-state index is 12.6. The fourth-order valence-corrected chi connectivity index (χ4v) is 2.87. The van der Waals surface area contributed by atoms with Crippen molar-refractivity contribution in [1.82, 2.24) is 10.6 Å². The standard InChI is InChI=1S/C19H29N3O4S/c1-4-13(2)16(17(20)23)22-18(24)15(10-11-27-3)21-19(25)26-12-14-8-6-5-7-9-14/h5-9,13,15-16H,4,10-12H2,1-3H3,(H2,20,23)(H,21,25)(H,22,24)/t13-,15-,16+/m0/s1. The number of hydrogen-bond donors (Lipinski definition) is 3. The van der Waals surface area contributed by atoms with Crippen LogP contribution >= 0.6 is 11.8 Å². The Morgan fingerprint density at radius 2 is 1.85 bits per heavy atom. The number of nitrogens with two attached hydrogens (primary N) is 1. The predicted molar refractivity (Wildman–Crippen MR) is 107 cm³/mol. The van der Waals surface area contributed by atoms with Crippen molar-refractivity contribution in [3.63, 3.8) is 0 Å². The predicted octanol–water partition coefficient (Wildman–Crippen LogP) is 2.05. The van der Waals surface area contributed by atoms with E-state index in [2.05, 4.69) is 10.6 Å². The molecule has 1 aromatic carbocycles. The Hall–Kier alpha value is -2.22. The number of carbonyl (C=O) groups excluding carboxylic acids is 3. The minimum Gasteiger partial charge on any atom is -0.445 e. The summed E-state index contributed by atoms with van der Waals surface area (Å²) in [4.78, 5) is 36.3. The molecule has 0 bridgehead atoms. The van der Waals surface area contributed by atoms with E-state index in [0.717, 1.165) is 5.56 Å². The van der Waals surface area contributed by atoms with E-state index in [0.29, 0.717) is 18.6 Å².